The van der Waals surface area contributed by atoms with Gasteiger partial charge in [-0.2, -0.15) is 18.4 Å². The van der Waals surface area contributed by atoms with Crippen LogP contribution in [-0.4, -0.2) is 30.6 Å². The van der Waals surface area contributed by atoms with Gasteiger partial charge in [-0.3, -0.25) is 4.90 Å². The quantitative estimate of drug-likeness (QED) is 0.332. The van der Waals surface area contributed by atoms with E-state index in [2.05, 4.69) is 47.7 Å². The summed E-state index contributed by atoms with van der Waals surface area (Å²) in [6.45, 7) is 8.43. The summed E-state index contributed by atoms with van der Waals surface area (Å²) in [5.41, 5.74) is 3.69. The van der Waals surface area contributed by atoms with Gasteiger partial charge in [-0.05, 0) is 51.0 Å². The van der Waals surface area contributed by atoms with Crippen LogP contribution in [0.1, 0.15) is 43.5 Å². The van der Waals surface area contributed by atoms with Crippen molar-refractivity contribution >= 4 is 15.7 Å². The van der Waals surface area contributed by atoms with Gasteiger partial charge in [0, 0.05) is 5.54 Å². The van der Waals surface area contributed by atoms with E-state index in [4.69, 9.17) is 0 Å². The highest BCUT2D eigenvalue weighted by molar-refractivity contribution is 7.89. The van der Waals surface area contributed by atoms with Crippen molar-refractivity contribution in [3.63, 3.8) is 0 Å². The zero-order valence-corrected chi connectivity index (χ0v) is 19.7. The van der Waals surface area contributed by atoms with Crippen LogP contribution in [0.4, 0.5) is 0 Å². The molecule has 0 amide bonds. The molecule has 1 aliphatic heterocycles. The molecule has 1 N–H and O–H groups in total. The lowest BCUT2D eigenvalue weighted by atomic mass is 10.0. The second-order valence-electron chi connectivity index (χ2n) is 9.15. The summed E-state index contributed by atoms with van der Waals surface area (Å²) in [5.74, 6) is 0. The van der Waals surface area contributed by atoms with E-state index in [1.54, 1.807) is 24.3 Å². The Kier molecular flexibility index (Phi) is 5.93. The summed E-state index contributed by atoms with van der Waals surface area (Å²) in [6, 6.07) is 26.9. The maximum atomic E-state index is 12.9. The van der Waals surface area contributed by atoms with E-state index in [1.807, 2.05) is 55.5 Å². The minimum Gasteiger partial charge on any atom is -0.279 e. The molecule has 32 heavy (non-hydrogen) atoms. The lowest BCUT2D eigenvalue weighted by molar-refractivity contribution is 0.280. The van der Waals surface area contributed by atoms with Gasteiger partial charge in [0.15, 0.2) is 0 Å². The van der Waals surface area contributed by atoms with Crippen LogP contribution in [0.5, 0.6) is 0 Å². The van der Waals surface area contributed by atoms with Gasteiger partial charge < -0.3 is 0 Å². The maximum absolute atomic E-state index is 12.9. The molecule has 0 aromatic heterocycles. The number of aryl methyl sites for hydroxylation is 1. The molecule has 4 rings (SSSR count). The van der Waals surface area contributed by atoms with Crippen LogP contribution in [0.2, 0.25) is 0 Å². The minimum absolute atomic E-state index is 0.0412. The average molecular weight is 448 g/mol. The minimum atomic E-state index is -3.78. The monoisotopic (exact) mass is 447 g/mol. The molecule has 3 atom stereocenters. The van der Waals surface area contributed by atoms with Crippen molar-refractivity contribution in [1.82, 2.24) is 9.73 Å². The maximum Gasteiger partial charge on any atom is 0.276 e. The topological polar surface area (TPSA) is 61.5 Å². The summed E-state index contributed by atoms with van der Waals surface area (Å²) >= 11 is 0. The van der Waals surface area contributed by atoms with Gasteiger partial charge in [-0.1, -0.05) is 78.4 Å². The third-order valence-electron chi connectivity index (χ3n) is 5.69. The van der Waals surface area contributed by atoms with E-state index in [1.165, 1.54) is 5.56 Å². The van der Waals surface area contributed by atoms with Gasteiger partial charge in [-0.25, -0.2) is 0 Å². The normalized spacial score (nSPS) is 21.2. The molecule has 0 radical (unpaired) electrons. The van der Waals surface area contributed by atoms with E-state index < -0.39 is 10.0 Å². The Morgan fingerprint density at radius 1 is 0.875 bits per heavy atom. The summed E-state index contributed by atoms with van der Waals surface area (Å²) in [5, 5.41) is 4.50. The molecule has 1 unspecified atom stereocenters. The highest BCUT2D eigenvalue weighted by Gasteiger charge is 2.56. The van der Waals surface area contributed by atoms with Crippen molar-refractivity contribution in [2.45, 2.75) is 50.2 Å². The summed E-state index contributed by atoms with van der Waals surface area (Å²) in [7, 11) is -3.78. The molecule has 1 fully saturated rings. The summed E-state index contributed by atoms with van der Waals surface area (Å²) < 4.78 is 25.8. The Balaban J connectivity index is 1.74. The number of rotatable bonds is 6. The Bertz CT molecular complexity index is 1200. The molecule has 6 heteroatoms. The van der Waals surface area contributed by atoms with E-state index in [9.17, 15) is 8.42 Å². The predicted octanol–water partition coefficient (Wildman–Crippen LogP) is 4.90. The van der Waals surface area contributed by atoms with Crippen molar-refractivity contribution in [3.05, 3.63) is 102 Å². The van der Waals surface area contributed by atoms with Gasteiger partial charge >= 0.3 is 0 Å². The van der Waals surface area contributed by atoms with Crippen LogP contribution in [0.3, 0.4) is 0 Å². The highest BCUT2D eigenvalue weighted by atomic mass is 32.2. The standard InChI is InChI=1S/C26H29N3O2S/c1-19-15-17-22(18-16-19)32(30,31)28-27-23(20-11-7-5-8-12-20)25-24(29(25)26(2,3)4)21-13-9-6-10-14-21/h5-18,24-25,28H,1-4H3/b27-23+/t24-,25+,29?/m1/s1. The predicted molar refractivity (Wildman–Crippen MR) is 129 cm³/mol. The van der Waals surface area contributed by atoms with Crippen molar-refractivity contribution in [2.24, 2.45) is 5.10 Å². The van der Waals surface area contributed by atoms with E-state index in [0.29, 0.717) is 5.71 Å². The van der Waals surface area contributed by atoms with Crippen LogP contribution in [0.25, 0.3) is 0 Å². The highest BCUT2D eigenvalue weighted by Crippen LogP contribution is 2.50. The molecule has 5 nitrogen and oxygen atoms in total. The third kappa shape index (κ3) is 4.61. The Morgan fingerprint density at radius 3 is 2.00 bits per heavy atom. The molecular formula is C26H29N3O2S. The smallest absolute Gasteiger partial charge is 0.276 e. The average Bonchev–Trinajstić information content (AvgIpc) is 3.52. The molecule has 0 bridgehead atoms. The number of hydrogen-bond acceptors (Lipinski definition) is 4. The molecule has 1 aliphatic rings. The first-order chi connectivity index (χ1) is 15.2. The number of benzene rings is 3. The van der Waals surface area contributed by atoms with E-state index >= 15 is 0 Å². The zero-order valence-electron chi connectivity index (χ0n) is 18.9. The Morgan fingerprint density at radius 2 is 1.44 bits per heavy atom. The van der Waals surface area contributed by atoms with Crippen LogP contribution < -0.4 is 4.83 Å². The first kappa shape index (κ1) is 22.2. The van der Waals surface area contributed by atoms with Crippen molar-refractivity contribution < 1.29 is 8.42 Å². The van der Waals surface area contributed by atoms with Gasteiger partial charge in [-0.15, -0.1) is 0 Å². The molecule has 1 heterocycles. The van der Waals surface area contributed by atoms with Crippen LogP contribution in [0.15, 0.2) is 94.9 Å². The fraction of sp³-hybridized carbons (Fsp3) is 0.269. The number of hydrogen-bond donors (Lipinski definition) is 1. The van der Waals surface area contributed by atoms with Crippen LogP contribution >= 0.6 is 0 Å². The summed E-state index contributed by atoms with van der Waals surface area (Å²) in [4.78, 5) is 5.06. The molecule has 3 aromatic carbocycles. The van der Waals surface area contributed by atoms with Gasteiger partial charge in [0.25, 0.3) is 10.0 Å². The van der Waals surface area contributed by atoms with Gasteiger partial charge in [0.1, 0.15) is 0 Å². The first-order valence-electron chi connectivity index (χ1n) is 10.7. The number of sulfonamides is 1. The lowest BCUT2D eigenvalue weighted by Crippen LogP contribution is -2.31. The molecule has 0 saturated carbocycles. The molecule has 0 spiro atoms. The SMILES string of the molecule is Cc1ccc(S(=O)(=O)N/N=C(\c2ccccc2)[C@H]2[C@@H](c3ccccc3)N2C(C)(C)C)cc1. The van der Waals surface area contributed by atoms with E-state index in [0.717, 1.165) is 11.1 Å². The van der Waals surface area contributed by atoms with Gasteiger partial charge in [0.05, 0.1) is 22.7 Å². The largest absolute Gasteiger partial charge is 0.279 e. The lowest BCUT2D eigenvalue weighted by Gasteiger charge is -2.22. The van der Waals surface area contributed by atoms with E-state index in [-0.39, 0.29) is 22.5 Å². The third-order valence-corrected chi connectivity index (χ3v) is 6.92. The number of hydrazone groups is 1. The molecule has 3 aromatic rings. The second-order valence-corrected chi connectivity index (χ2v) is 10.8. The van der Waals surface area contributed by atoms with Crippen LogP contribution in [-0.2, 0) is 10.0 Å². The first-order valence-corrected chi connectivity index (χ1v) is 12.2. The molecule has 1 saturated heterocycles. The molecule has 166 valence electrons. The molecule has 0 aliphatic carbocycles. The second kappa shape index (κ2) is 8.52. The van der Waals surface area contributed by atoms with Crippen molar-refractivity contribution in [2.75, 3.05) is 0 Å². The fourth-order valence-corrected chi connectivity index (χ4v) is 4.95. The fourth-order valence-electron chi connectivity index (χ4n) is 4.13. The van der Waals surface area contributed by atoms with Gasteiger partial charge in [0.2, 0.25) is 0 Å². The molecular weight excluding hydrogens is 418 g/mol. The Hall–Kier alpha value is -2.96. The summed E-state index contributed by atoms with van der Waals surface area (Å²) in [6.07, 6.45) is 0. The number of nitrogens with zero attached hydrogens (tertiary/aromatic N) is 2. The Labute approximate surface area is 190 Å². The number of nitrogens with one attached hydrogen (secondary N) is 1. The van der Waals surface area contributed by atoms with Crippen molar-refractivity contribution in [3.8, 4) is 0 Å². The zero-order chi connectivity index (χ0) is 22.9. The van der Waals surface area contributed by atoms with Crippen LogP contribution in [0, 0.1) is 6.92 Å². The van der Waals surface area contributed by atoms with Crippen molar-refractivity contribution in [1.29, 1.82) is 0 Å².